The van der Waals surface area contributed by atoms with Gasteiger partial charge in [0.05, 0.1) is 12.7 Å². The predicted molar refractivity (Wildman–Crippen MR) is 48.0 cm³/mol. The maximum atomic E-state index is 12.6. The van der Waals surface area contributed by atoms with Gasteiger partial charge in [0.1, 0.15) is 5.82 Å². The monoisotopic (exact) mass is 185 g/mol. The van der Waals surface area contributed by atoms with Crippen LogP contribution in [0.2, 0.25) is 0 Å². The minimum absolute atomic E-state index is 0.208. The SMILES string of the molecule is OC[C@@H](O)CNc1cccc(F)c1. The van der Waals surface area contributed by atoms with Crippen LogP contribution in [0.5, 0.6) is 0 Å². The Kier molecular flexibility index (Phi) is 3.67. The van der Waals surface area contributed by atoms with Crippen molar-refractivity contribution in [2.24, 2.45) is 0 Å². The number of aliphatic hydroxyl groups excluding tert-OH is 2. The third-order valence-corrected chi connectivity index (χ3v) is 1.58. The molecule has 4 heteroatoms. The summed E-state index contributed by atoms with van der Waals surface area (Å²) in [4.78, 5) is 0. The Bertz CT molecular complexity index is 268. The van der Waals surface area contributed by atoms with Gasteiger partial charge in [0, 0.05) is 12.2 Å². The van der Waals surface area contributed by atoms with E-state index in [1.165, 1.54) is 12.1 Å². The molecular weight excluding hydrogens is 173 g/mol. The molecule has 0 bridgehead atoms. The Balaban J connectivity index is 2.45. The summed E-state index contributed by atoms with van der Waals surface area (Å²) < 4.78 is 12.6. The molecule has 0 radical (unpaired) electrons. The molecule has 1 aromatic carbocycles. The van der Waals surface area contributed by atoms with Crippen molar-refractivity contribution in [2.45, 2.75) is 6.10 Å². The van der Waals surface area contributed by atoms with Gasteiger partial charge in [-0.1, -0.05) is 6.07 Å². The first kappa shape index (κ1) is 9.95. The average molecular weight is 185 g/mol. The van der Waals surface area contributed by atoms with Crippen LogP contribution in [0.3, 0.4) is 0 Å². The van der Waals surface area contributed by atoms with Crippen LogP contribution in [0.15, 0.2) is 24.3 Å². The van der Waals surface area contributed by atoms with Crippen LogP contribution in [0.25, 0.3) is 0 Å². The van der Waals surface area contributed by atoms with Gasteiger partial charge in [-0.05, 0) is 18.2 Å². The molecule has 0 fully saturated rings. The lowest BCUT2D eigenvalue weighted by Crippen LogP contribution is -2.22. The van der Waals surface area contributed by atoms with Crippen molar-refractivity contribution < 1.29 is 14.6 Å². The van der Waals surface area contributed by atoms with Crippen LogP contribution < -0.4 is 5.32 Å². The number of hydrogen-bond donors (Lipinski definition) is 3. The van der Waals surface area contributed by atoms with E-state index in [1.54, 1.807) is 12.1 Å². The van der Waals surface area contributed by atoms with Crippen molar-refractivity contribution in [1.82, 2.24) is 0 Å². The second kappa shape index (κ2) is 4.79. The summed E-state index contributed by atoms with van der Waals surface area (Å²) in [6.45, 7) is -0.0950. The van der Waals surface area contributed by atoms with Gasteiger partial charge in [0.25, 0.3) is 0 Å². The summed E-state index contributed by atoms with van der Waals surface area (Å²) in [7, 11) is 0. The normalized spacial score (nSPS) is 12.5. The van der Waals surface area contributed by atoms with Crippen molar-refractivity contribution in [3.8, 4) is 0 Å². The predicted octanol–water partition coefficient (Wildman–Crippen LogP) is 0.591. The fourth-order valence-corrected chi connectivity index (χ4v) is 0.899. The van der Waals surface area contributed by atoms with E-state index in [0.29, 0.717) is 5.69 Å². The van der Waals surface area contributed by atoms with Crippen molar-refractivity contribution in [3.63, 3.8) is 0 Å². The van der Waals surface area contributed by atoms with Gasteiger partial charge >= 0.3 is 0 Å². The standard InChI is InChI=1S/C9H12FNO2/c10-7-2-1-3-8(4-7)11-5-9(13)6-12/h1-4,9,11-13H,5-6H2/t9-/m0/s1. The van der Waals surface area contributed by atoms with Crippen molar-refractivity contribution in [1.29, 1.82) is 0 Å². The van der Waals surface area contributed by atoms with Gasteiger partial charge in [-0.2, -0.15) is 0 Å². The molecule has 0 aliphatic heterocycles. The van der Waals surface area contributed by atoms with E-state index < -0.39 is 6.10 Å². The van der Waals surface area contributed by atoms with Gasteiger partial charge in [0.2, 0.25) is 0 Å². The molecular formula is C9H12FNO2. The molecule has 1 atom stereocenters. The second-order valence-electron chi connectivity index (χ2n) is 2.73. The average Bonchev–Trinajstić information content (AvgIpc) is 2.14. The Morgan fingerprint density at radius 3 is 2.85 bits per heavy atom. The van der Waals surface area contributed by atoms with Crippen molar-refractivity contribution >= 4 is 5.69 Å². The zero-order chi connectivity index (χ0) is 9.68. The molecule has 0 amide bonds. The first-order valence-corrected chi connectivity index (χ1v) is 4.00. The number of hydrogen-bond acceptors (Lipinski definition) is 3. The summed E-state index contributed by atoms with van der Waals surface area (Å²) in [5.41, 5.74) is 0.590. The molecule has 0 heterocycles. The Hall–Kier alpha value is -1.13. The van der Waals surface area contributed by atoms with Crippen LogP contribution in [0.4, 0.5) is 10.1 Å². The molecule has 0 aliphatic rings. The topological polar surface area (TPSA) is 52.5 Å². The molecule has 0 unspecified atom stereocenters. The summed E-state index contributed by atoms with van der Waals surface area (Å²) in [5, 5.41) is 20.3. The molecule has 3 N–H and O–H groups in total. The van der Waals surface area contributed by atoms with E-state index in [9.17, 15) is 4.39 Å². The van der Waals surface area contributed by atoms with E-state index in [1.807, 2.05) is 0 Å². The third-order valence-electron chi connectivity index (χ3n) is 1.58. The Morgan fingerprint density at radius 2 is 2.23 bits per heavy atom. The number of benzene rings is 1. The quantitative estimate of drug-likeness (QED) is 0.643. The first-order valence-electron chi connectivity index (χ1n) is 4.00. The van der Waals surface area contributed by atoms with Crippen molar-refractivity contribution in [2.75, 3.05) is 18.5 Å². The summed E-state index contributed by atoms with van der Waals surface area (Å²) in [6, 6.07) is 5.92. The van der Waals surface area contributed by atoms with Crippen LogP contribution >= 0.6 is 0 Å². The summed E-state index contributed by atoms with van der Waals surface area (Å²) >= 11 is 0. The molecule has 3 nitrogen and oxygen atoms in total. The molecule has 0 saturated carbocycles. The van der Waals surface area contributed by atoms with E-state index in [-0.39, 0.29) is 19.0 Å². The maximum Gasteiger partial charge on any atom is 0.125 e. The molecule has 72 valence electrons. The molecule has 0 aromatic heterocycles. The molecule has 1 rings (SSSR count). The summed E-state index contributed by atoms with van der Waals surface area (Å²) in [5.74, 6) is -0.330. The number of aliphatic hydroxyl groups is 2. The minimum atomic E-state index is -0.816. The van der Waals surface area contributed by atoms with Crippen LogP contribution in [-0.2, 0) is 0 Å². The molecule has 1 aromatic rings. The van der Waals surface area contributed by atoms with E-state index >= 15 is 0 Å². The third kappa shape index (κ3) is 3.40. The Morgan fingerprint density at radius 1 is 1.46 bits per heavy atom. The van der Waals surface area contributed by atoms with Crippen LogP contribution in [-0.4, -0.2) is 29.5 Å². The van der Waals surface area contributed by atoms with Gasteiger partial charge in [-0.3, -0.25) is 0 Å². The molecule has 13 heavy (non-hydrogen) atoms. The molecule has 0 saturated heterocycles. The lowest BCUT2D eigenvalue weighted by atomic mass is 10.3. The van der Waals surface area contributed by atoms with E-state index in [2.05, 4.69) is 5.32 Å². The highest BCUT2D eigenvalue weighted by Gasteiger charge is 2.01. The zero-order valence-electron chi connectivity index (χ0n) is 7.07. The highest BCUT2D eigenvalue weighted by molar-refractivity contribution is 5.43. The lowest BCUT2D eigenvalue weighted by molar-refractivity contribution is 0.105. The number of nitrogens with one attached hydrogen (secondary N) is 1. The van der Waals surface area contributed by atoms with Gasteiger partial charge in [-0.15, -0.1) is 0 Å². The van der Waals surface area contributed by atoms with Gasteiger partial charge < -0.3 is 15.5 Å². The largest absolute Gasteiger partial charge is 0.394 e. The maximum absolute atomic E-state index is 12.6. The van der Waals surface area contributed by atoms with Crippen molar-refractivity contribution in [3.05, 3.63) is 30.1 Å². The van der Waals surface area contributed by atoms with Gasteiger partial charge in [-0.25, -0.2) is 4.39 Å². The molecule has 0 spiro atoms. The zero-order valence-corrected chi connectivity index (χ0v) is 7.07. The van der Waals surface area contributed by atoms with Crippen LogP contribution in [0.1, 0.15) is 0 Å². The molecule has 0 aliphatic carbocycles. The highest BCUT2D eigenvalue weighted by atomic mass is 19.1. The van der Waals surface area contributed by atoms with E-state index in [4.69, 9.17) is 10.2 Å². The van der Waals surface area contributed by atoms with Gasteiger partial charge in [0.15, 0.2) is 0 Å². The second-order valence-corrected chi connectivity index (χ2v) is 2.73. The first-order chi connectivity index (χ1) is 6.22. The lowest BCUT2D eigenvalue weighted by Gasteiger charge is -2.09. The minimum Gasteiger partial charge on any atom is -0.394 e. The fourth-order valence-electron chi connectivity index (χ4n) is 0.899. The highest BCUT2D eigenvalue weighted by Crippen LogP contribution is 2.08. The Labute approximate surface area is 75.8 Å². The fraction of sp³-hybridized carbons (Fsp3) is 0.333. The van der Waals surface area contributed by atoms with E-state index in [0.717, 1.165) is 0 Å². The van der Waals surface area contributed by atoms with Crippen LogP contribution in [0, 0.1) is 5.82 Å². The number of rotatable bonds is 4. The summed E-state index contributed by atoms with van der Waals surface area (Å²) in [6.07, 6.45) is -0.816. The smallest absolute Gasteiger partial charge is 0.125 e. The number of anilines is 1. The number of halogens is 1.